The van der Waals surface area contributed by atoms with E-state index >= 15 is 0 Å². The lowest BCUT2D eigenvalue weighted by molar-refractivity contribution is -0.144. The predicted octanol–water partition coefficient (Wildman–Crippen LogP) is 1.35. The lowest BCUT2D eigenvalue weighted by Gasteiger charge is -2.13. The first-order valence-corrected chi connectivity index (χ1v) is 10.3. The highest BCUT2D eigenvalue weighted by Crippen LogP contribution is 2.19. The third-order valence-corrected chi connectivity index (χ3v) is 5.06. The second kappa shape index (κ2) is 10.0. The zero-order chi connectivity index (χ0) is 21.5. The van der Waals surface area contributed by atoms with Crippen LogP contribution in [0.5, 0.6) is 0 Å². The third-order valence-electron chi connectivity index (χ3n) is 5.06. The summed E-state index contributed by atoms with van der Waals surface area (Å²) in [5.74, 6) is -0.574. The standard InChI is InChI=1S/C20H28N6O4/c1-3-30-19(28)13(2)22-20(29)21-10-11-26-17-9-8-14(12-16(17)24-25-26)18(27)23-15-6-4-5-7-15/h8-9,12-13,15H,3-7,10-11H2,1-2H3,(H,23,27)(H2,21,22,29)/t13-/m0/s1. The van der Waals surface area contributed by atoms with Crippen LogP contribution in [0, 0.1) is 0 Å². The van der Waals surface area contributed by atoms with Gasteiger partial charge in [-0.2, -0.15) is 0 Å². The van der Waals surface area contributed by atoms with Gasteiger partial charge in [-0.25, -0.2) is 14.3 Å². The Labute approximate surface area is 174 Å². The van der Waals surface area contributed by atoms with E-state index in [9.17, 15) is 14.4 Å². The van der Waals surface area contributed by atoms with E-state index in [1.807, 2.05) is 6.07 Å². The molecule has 3 rings (SSSR count). The van der Waals surface area contributed by atoms with Crippen molar-refractivity contribution in [1.29, 1.82) is 0 Å². The molecule has 30 heavy (non-hydrogen) atoms. The number of ether oxygens (including phenoxy) is 1. The summed E-state index contributed by atoms with van der Waals surface area (Å²) >= 11 is 0. The smallest absolute Gasteiger partial charge is 0.328 e. The number of esters is 1. The van der Waals surface area contributed by atoms with Gasteiger partial charge in [0.15, 0.2) is 0 Å². The molecule has 1 aliphatic rings. The number of nitrogens with zero attached hydrogens (tertiary/aromatic N) is 3. The molecule has 0 aliphatic heterocycles. The number of carbonyl (C=O) groups excluding carboxylic acids is 3. The third kappa shape index (κ3) is 5.46. The molecule has 10 nitrogen and oxygen atoms in total. The van der Waals surface area contributed by atoms with Crippen molar-refractivity contribution in [2.24, 2.45) is 0 Å². The van der Waals surface area contributed by atoms with Gasteiger partial charge in [0, 0.05) is 18.2 Å². The van der Waals surface area contributed by atoms with Crippen molar-refractivity contribution in [3.63, 3.8) is 0 Å². The highest BCUT2D eigenvalue weighted by Gasteiger charge is 2.19. The van der Waals surface area contributed by atoms with Crippen molar-refractivity contribution in [3.05, 3.63) is 23.8 Å². The second-order valence-corrected chi connectivity index (χ2v) is 7.34. The largest absolute Gasteiger partial charge is 0.464 e. The van der Waals surface area contributed by atoms with Crippen LogP contribution in [-0.2, 0) is 16.1 Å². The molecule has 1 saturated carbocycles. The van der Waals surface area contributed by atoms with Crippen LogP contribution in [-0.4, -0.2) is 58.1 Å². The van der Waals surface area contributed by atoms with Crippen LogP contribution in [0.25, 0.3) is 11.0 Å². The van der Waals surface area contributed by atoms with Crippen LogP contribution in [0.2, 0.25) is 0 Å². The first-order valence-electron chi connectivity index (χ1n) is 10.3. The van der Waals surface area contributed by atoms with E-state index in [0.29, 0.717) is 24.2 Å². The minimum Gasteiger partial charge on any atom is -0.464 e. The molecule has 1 aromatic heterocycles. The average molecular weight is 416 g/mol. The monoisotopic (exact) mass is 416 g/mol. The second-order valence-electron chi connectivity index (χ2n) is 7.34. The summed E-state index contributed by atoms with van der Waals surface area (Å²) in [5, 5.41) is 16.5. The molecule has 3 N–H and O–H groups in total. The van der Waals surface area contributed by atoms with Crippen molar-refractivity contribution in [1.82, 2.24) is 30.9 Å². The van der Waals surface area contributed by atoms with E-state index in [-0.39, 0.29) is 18.6 Å². The van der Waals surface area contributed by atoms with Gasteiger partial charge >= 0.3 is 12.0 Å². The molecule has 0 saturated heterocycles. The van der Waals surface area contributed by atoms with Gasteiger partial charge in [0.25, 0.3) is 5.91 Å². The Balaban J connectivity index is 1.51. The summed E-state index contributed by atoms with van der Waals surface area (Å²) in [5.41, 5.74) is 1.95. The van der Waals surface area contributed by atoms with Gasteiger partial charge in [0.05, 0.1) is 18.7 Å². The SMILES string of the molecule is CCOC(=O)[C@H](C)NC(=O)NCCn1nnc2cc(C(=O)NC3CCCC3)ccc21. The molecule has 0 radical (unpaired) electrons. The molecule has 2 aromatic rings. The number of aromatic nitrogens is 3. The molecule has 1 atom stereocenters. The van der Waals surface area contributed by atoms with Crippen LogP contribution < -0.4 is 16.0 Å². The lowest BCUT2D eigenvalue weighted by Crippen LogP contribution is -2.45. The first kappa shape index (κ1) is 21.5. The Kier molecular flexibility index (Phi) is 7.21. The van der Waals surface area contributed by atoms with Crippen LogP contribution in [0.3, 0.4) is 0 Å². The molecular weight excluding hydrogens is 388 g/mol. The fraction of sp³-hybridized carbons (Fsp3) is 0.550. The zero-order valence-electron chi connectivity index (χ0n) is 17.3. The molecule has 10 heteroatoms. The zero-order valence-corrected chi connectivity index (χ0v) is 17.3. The van der Waals surface area contributed by atoms with E-state index < -0.39 is 18.0 Å². The molecule has 0 bridgehead atoms. The van der Waals surface area contributed by atoms with Gasteiger partial charge < -0.3 is 20.7 Å². The average Bonchev–Trinajstić information content (AvgIpc) is 3.37. The molecule has 162 valence electrons. The molecule has 1 heterocycles. The molecule has 1 aromatic carbocycles. The van der Waals surface area contributed by atoms with E-state index in [1.165, 1.54) is 0 Å². The Morgan fingerprint density at radius 1 is 1.27 bits per heavy atom. The van der Waals surface area contributed by atoms with Crippen LogP contribution in [0.1, 0.15) is 49.9 Å². The Bertz CT molecular complexity index is 906. The van der Waals surface area contributed by atoms with Gasteiger partial charge in [0.1, 0.15) is 11.6 Å². The number of urea groups is 1. The van der Waals surface area contributed by atoms with Crippen LogP contribution >= 0.6 is 0 Å². The maximum absolute atomic E-state index is 12.4. The number of rotatable bonds is 8. The van der Waals surface area contributed by atoms with Crippen LogP contribution in [0.15, 0.2) is 18.2 Å². The molecule has 1 aliphatic carbocycles. The van der Waals surface area contributed by atoms with E-state index in [0.717, 1.165) is 31.2 Å². The summed E-state index contributed by atoms with van der Waals surface area (Å²) in [4.78, 5) is 35.9. The number of fused-ring (bicyclic) bond motifs is 1. The predicted molar refractivity (Wildman–Crippen MR) is 110 cm³/mol. The van der Waals surface area contributed by atoms with Crippen molar-refractivity contribution in [3.8, 4) is 0 Å². The number of nitrogens with one attached hydrogen (secondary N) is 3. The summed E-state index contributed by atoms with van der Waals surface area (Å²) in [6.07, 6.45) is 4.38. The lowest BCUT2D eigenvalue weighted by atomic mass is 10.1. The van der Waals surface area contributed by atoms with Crippen molar-refractivity contribution >= 4 is 28.9 Å². The number of hydrogen-bond acceptors (Lipinski definition) is 6. The fourth-order valence-electron chi connectivity index (χ4n) is 3.47. The molecular formula is C20H28N6O4. The maximum atomic E-state index is 12.4. The number of hydrogen-bond donors (Lipinski definition) is 3. The van der Waals surface area contributed by atoms with Gasteiger partial charge in [-0.1, -0.05) is 18.1 Å². The van der Waals surface area contributed by atoms with Gasteiger partial charge in [-0.05, 0) is 44.9 Å². The maximum Gasteiger partial charge on any atom is 0.328 e. The first-order chi connectivity index (χ1) is 14.5. The summed E-state index contributed by atoms with van der Waals surface area (Å²) in [7, 11) is 0. The summed E-state index contributed by atoms with van der Waals surface area (Å²) < 4.78 is 6.50. The number of benzene rings is 1. The van der Waals surface area contributed by atoms with Crippen molar-refractivity contribution in [2.45, 2.75) is 58.2 Å². The van der Waals surface area contributed by atoms with Crippen LogP contribution in [0.4, 0.5) is 4.79 Å². The summed E-state index contributed by atoms with van der Waals surface area (Å²) in [6.45, 7) is 4.21. The number of amides is 3. The minimum atomic E-state index is -0.731. The van der Waals surface area contributed by atoms with Gasteiger partial charge in [-0.3, -0.25) is 4.79 Å². The van der Waals surface area contributed by atoms with Gasteiger partial charge in [0.2, 0.25) is 0 Å². The van der Waals surface area contributed by atoms with Crippen molar-refractivity contribution in [2.75, 3.05) is 13.2 Å². The molecule has 0 unspecified atom stereocenters. The number of carbonyl (C=O) groups is 3. The van der Waals surface area contributed by atoms with E-state index in [1.54, 1.807) is 30.7 Å². The van der Waals surface area contributed by atoms with E-state index in [2.05, 4.69) is 26.3 Å². The van der Waals surface area contributed by atoms with Gasteiger partial charge in [-0.15, -0.1) is 5.10 Å². The highest BCUT2D eigenvalue weighted by molar-refractivity contribution is 5.97. The Hall–Kier alpha value is -3.17. The quantitative estimate of drug-likeness (QED) is 0.558. The fourth-order valence-corrected chi connectivity index (χ4v) is 3.47. The Morgan fingerprint density at radius 2 is 2.03 bits per heavy atom. The minimum absolute atomic E-state index is 0.0904. The normalized spacial score (nSPS) is 15.0. The molecule has 0 spiro atoms. The molecule has 1 fully saturated rings. The van der Waals surface area contributed by atoms with Crippen molar-refractivity contribution < 1.29 is 19.1 Å². The Morgan fingerprint density at radius 3 is 2.77 bits per heavy atom. The van der Waals surface area contributed by atoms with E-state index in [4.69, 9.17) is 4.74 Å². The molecule has 3 amide bonds. The topological polar surface area (TPSA) is 127 Å². The summed E-state index contributed by atoms with van der Waals surface area (Å²) in [6, 6.07) is 4.35. The highest BCUT2D eigenvalue weighted by atomic mass is 16.5.